The lowest BCUT2D eigenvalue weighted by Gasteiger charge is -2.31. The number of para-hydroxylation sites is 2. The minimum absolute atomic E-state index is 0.00384. The maximum atomic E-state index is 12.5. The average molecular weight is 324 g/mol. The molecule has 124 valence electrons. The van der Waals surface area contributed by atoms with Gasteiger partial charge in [0.15, 0.2) is 0 Å². The van der Waals surface area contributed by atoms with Crippen molar-refractivity contribution in [2.75, 3.05) is 18.4 Å². The van der Waals surface area contributed by atoms with E-state index in [-0.39, 0.29) is 23.5 Å². The molecule has 2 N–H and O–H groups in total. The number of nitrogens with zero attached hydrogens (tertiary/aromatic N) is 1. The molecule has 1 aliphatic rings. The Morgan fingerprint density at radius 3 is 2.25 bits per heavy atom. The van der Waals surface area contributed by atoms with E-state index in [1.54, 1.807) is 23.1 Å². The minimum atomic E-state index is -0.185. The van der Waals surface area contributed by atoms with E-state index in [9.17, 15) is 14.7 Å². The lowest BCUT2D eigenvalue weighted by molar-refractivity contribution is -0.121. The van der Waals surface area contributed by atoms with Gasteiger partial charge >= 0.3 is 0 Å². The predicted molar refractivity (Wildman–Crippen MR) is 91.8 cm³/mol. The van der Waals surface area contributed by atoms with Gasteiger partial charge in [-0.25, -0.2) is 0 Å². The van der Waals surface area contributed by atoms with Crippen molar-refractivity contribution >= 4 is 17.5 Å². The summed E-state index contributed by atoms with van der Waals surface area (Å²) in [6.45, 7) is 1.03. The standard InChI is InChI=1S/C19H20N2O3/c22-17-9-5-4-8-16(17)19(24)21-12-10-14(11-13-21)18(23)20-15-6-2-1-3-7-15/h1-9,14,22H,10-13H2,(H,20,23). The fraction of sp³-hybridized carbons (Fsp3) is 0.263. The van der Waals surface area contributed by atoms with Crippen LogP contribution in [-0.2, 0) is 4.79 Å². The maximum Gasteiger partial charge on any atom is 0.257 e. The van der Waals surface area contributed by atoms with E-state index in [4.69, 9.17) is 0 Å². The fourth-order valence-electron chi connectivity index (χ4n) is 2.94. The number of likely N-dealkylation sites (tertiary alicyclic amines) is 1. The summed E-state index contributed by atoms with van der Waals surface area (Å²) >= 11 is 0. The SMILES string of the molecule is O=C(Nc1ccccc1)C1CCN(C(=O)c2ccccc2O)CC1. The van der Waals surface area contributed by atoms with Crippen LogP contribution in [0.1, 0.15) is 23.2 Å². The largest absolute Gasteiger partial charge is 0.507 e. The van der Waals surface area contributed by atoms with Crippen LogP contribution in [0.25, 0.3) is 0 Å². The van der Waals surface area contributed by atoms with E-state index in [0.717, 1.165) is 5.69 Å². The Hall–Kier alpha value is -2.82. The molecular formula is C19H20N2O3. The molecule has 0 unspecified atom stereocenters. The van der Waals surface area contributed by atoms with Crippen LogP contribution in [0.2, 0.25) is 0 Å². The molecule has 1 heterocycles. The lowest BCUT2D eigenvalue weighted by atomic mass is 9.95. The van der Waals surface area contributed by atoms with Crippen LogP contribution in [0.15, 0.2) is 54.6 Å². The Bertz CT molecular complexity index is 722. The van der Waals surface area contributed by atoms with Gasteiger partial charge in [0.2, 0.25) is 5.91 Å². The summed E-state index contributed by atoms with van der Waals surface area (Å²) in [5, 5.41) is 12.7. The second kappa shape index (κ2) is 7.17. The monoisotopic (exact) mass is 324 g/mol. The molecule has 5 heteroatoms. The van der Waals surface area contributed by atoms with Crippen LogP contribution in [0.5, 0.6) is 5.75 Å². The van der Waals surface area contributed by atoms with Crippen molar-refractivity contribution in [1.29, 1.82) is 0 Å². The first kappa shape index (κ1) is 16.1. The zero-order valence-electron chi connectivity index (χ0n) is 13.3. The van der Waals surface area contributed by atoms with E-state index in [0.29, 0.717) is 31.5 Å². The normalized spacial score (nSPS) is 15.1. The first-order valence-corrected chi connectivity index (χ1v) is 8.08. The highest BCUT2D eigenvalue weighted by Gasteiger charge is 2.28. The Balaban J connectivity index is 1.57. The summed E-state index contributed by atoms with van der Waals surface area (Å²) in [4.78, 5) is 26.5. The van der Waals surface area contributed by atoms with Gasteiger partial charge in [0.25, 0.3) is 5.91 Å². The summed E-state index contributed by atoms with van der Waals surface area (Å²) in [5.74, 6) is -0.295. The molecule has 0 saturated carbocycles. The van der Waals surface area contributed by atoms with Gasteiger partial charge < -0.3 is 15.3 Å². The van der Waals surface area contributed by atoms with Crippen LogP contribution in [-0.4, -0.2) is 34.9 Å². The van der Waals surface area contributed by atoms with Gasteiger partial charge in [-0.15, -0.1) is 0 Å². The Morgan fingerprint density at radius 1 is 0.958 bits per heavy atom. The van der Waals surface area contributed by atoms with Crippen molar-refractivity contribution in [2.45, 2.75) is 12.8 Å². The minimum Gasteiger partial charge on any atom is -0.507 e. The van der Waals surface area contributed by atoms with Gasteiger partial charge in [0.1, 0.15) is 5.75 Å². The number of phenolic OH excluding ortho intramolecular Hbond substituents is 1. The van der Waals surface area contributed by atoms with Crippen LogP contribution < -0.4 is 5.32 Å². The number of nitrogens with one attached hydrogen (secondary N) is 1. The Morgan fingerprint density at radius 2 is 1.58 bits per heavy atom. The number of aromatic hydroxyl groups is 1. The summed E-state index contributed by atoms with van der Waals surface area (Å²) in [5.41, 5.74) is 1.10. The number of piperidine rings is 1. The van der Waals surface area contributed by atoms with Gasteiger partial charge in [-0.1, -0.05) is 30.3 Å². The molecule has 1 aliphatic heterocycles. The van der Waals surface area contributed by atoms with Crippen LogP contribution in [0.3, 0.4) is 0 Å². The number of amides is 2. The van der Waals surface area contributed by atoms with Crippen molar-refractivity contribution in [1.82, 2.24) is 4.90 Å². The van der Waals surface area contributed by atoms with Gasteiger partial charge in [-0.05, 0) is 37.1 Å². The number of benzene rings is 2. The first-order chi connectivity index (χ1) is 11.6. The summed E-state index contributed by atoms with van der Waals surface area (Å²) in [6, 6.07) is 15.9. The molecule has 2 aromatic carbocycles. The molecule has 0 spiro atoms. The molecular weight excluding hydrogens is 304 g/mol. The third-order valence-corrected chi connectivity index (χ3v) is 4.33. The molecule has 0 aliphatic carbocycles. The number of hydrogen-bond donors (Lipinski definition) is 2. The third kappa shape index (κ3) is 3.56. The van der Waals surface area contributed by atoms with Crippen molar-refractivity contribution in [2.24, 2.45) is 5.92 Å². The number of rotatable bonds is 3. The smallest absolute Gasteiger partial charge is 0.257 e. The second-order valence-corrected chi connectivity index (χ2v) is 5.94. The quantitative estimate of drug-likeness (QED) is 0.912. The van der Waals surface area contributed by atoms with Crippen LogP contribution in [0, 0.1) is 5.92 Å². The molecule has 24 heavy (non-hydrogen) atoms. The van der Waals surface area contributed by atoms with Crippen molar-refractivity contribution < 1.29 is 14.7 Å². The molecule has 2 amide bonds. The molecule has 0 bridgehead atoms. The fourth-order valence-corrected chi connectivity index (χ4v) is 2.94. The van der Waals surface area contributed by atoms with E-state index >= 15 is 0 Å². The van der Waals surface area contributed by atoms with E-state index in [2.05, 4.69) is 5.32 Å². The Labute approximate surface area is 140 Å². The highest BCUT2D eigenvalue weighted by atomic mass is 16.3. The van der Waals surface area contributed by atoms with Crippen molar-refractivity contribution in [3.63, 3.8) is 0 Å². The van der Waals surface area contributed by atoms with E-state index in [1.807, 2.05) is 30.3 Å². The number of carbonyl (C=O) groups is 2. The topological polar surface area (TPSA) is 69.6 Å². The molecule has 1 fully saturated rings. The second-order valence-electron chi connectivity index (χ2n) is 5.94. The summed E-state index contributed by atoms with van der Waals surface area (Å²) < 4.78 is 0. The van der Waals surface area contributed by atoms with E-state index in [1.165, 1.54) is 6.07 Å². The number of hydrogen-bond acceptors (Lipinski definition) is 3. The molecule has 5 nitrogen and oxygen atoms in total. The molecule has 1 saturated heterocycles. The Kier molecular flexibility index (Phi) is 4.79. The van der Waals surface area contributed by atoms with Gasteiger partial charge in [0, 0.05) is 24.7 Å². The molecule has 2 aromatic rings. The summed E-state index contributed by atoms with van der Waals surface area (Å²) in [6.07, 6.45) is 1.25. The van der Waals surface area contributed by atoms with Crippen molar-refractivity contribution in [3.05, 3.63) is 60.2 Å². The number of phenols is 1. The highest BCUT2D eigenvalue weighted by molar-refractivity contribution is 5.97. The van der Waals surface area contributed by atoms with Gasteiger partial charge in [0.05, 0.1) is 5.56 Å². The molecule has 3 rings (SSSR count). The summed E-state index contributed by atoms with van der Waals surface area (Å²) in [7, 11) is 0. The lowest BCUT2D eigenvalue weighted by Crippen LogP contribution is -2.41. The number of carbonyl (C=O) groups excluding carboxylic acids is 2. The van der Waals surface area contributed by atoms with Crippen LogP contribution in [0.4, 0.5) is 5.69 Å². The first-order valence-electron chi connectivity index (χ1n) is 8.08. The van der Waals surface area contributed by atoms with Crippen molar-refractivity contribution in [3.8, 4) is 5.75 Å². The van der Waals surface area contributed by atoms with Gasteiger partial charge in [-0.3, -0.25) is 9.59 Å². The predicted octanol–water partition coefficient (Wildman–Crippen LogP) is 2.88. The molecule has 0 aromatic heterocycles. The van der Waals surface area contributed by atoms with E-state index < -0.39 is 0 Å². The number of anilines is 1. The average Bonchev–Trinajstić information content (AvgIpc) is 2.62. The van der Waals surface area contributed by atoms with Gasteiger partial charge in [-0.2, -0.15) is 0 Å². The highest BCUT2D eigenvalue weighted by Crippen LogP contribution is 2.23. The molecule has 0 radical (unpaired) electrons. The molecule has 0 atom stereocenters. The zero-order valence-corrected chi connectivity index (χ0v) is 13.3. The zero-order chi connectivity index (χ0) is 16.9. The maximum absolute atomic E-state index is 12.5. The third-order valence-electron chi connectivity index (χ3n) is 4.33. The van der Waals surface area contributed by atoms with Crippen LogP contribution >= 0.6 is 0 Å².